The van der Waals surface area contributed by atoms with Gasteiger partial charge in [-0.05, 0) is 17.7 Å². The number of azide groups is 1. The van der Waals surface area contributed by atoms with E-state index in [0.717, 1.165) is 10.2 Å². The first kappa shape index (κ1) is 18.9. The molecule has 0 amide bonds. The zero-order chi connectivity index (χ0) is 18.7. The maximum Gasteiger partial charge on any atom is 0.134 e. The molecule has 0 saturated carbocycles. The first-order chi connectivity index (χ1) is 12.6. The van der Waals surface area contributed by atoms with Gasteiger partial charge in [0.15, 0.2) is 0 Å². The van der Waals surface area contributed by atoms with E-state index in [9.17, 15) is 15.5 Å². The Balaban J connectivity index is 1.96. The second-order valence-electron chi connectivity index (χ2n) is 5.51. The van der Waals surface area contributed by atoms with Gasteiger partial charge in [0.1, 0.15) is 23.7 Å². The summed E-state index contributed by atoms with van der Waals surface area (Å²) in [5.41, 5.74) is 11.0. The molecule has 136 valence electrons. The molecular weight excluding hydrogens is 378 g/mol. The van der Waals surface area contributed by atoms with E-state index in [1.54, 1.807) is 11.6 Å². The highest BCUT2D eigenvalue weighted by atomic mass is 32.2. The number of methoxy groups -OCH3 is 1. The number of aliphatic hydroxyl groups is 2. The lowest BCUT2D eigenvalue weighted by molar-refractivity contribution is -0.167. The monoisotopic (exact) mass is 393 g/mol. The third-order valence-corrected chi connectivity index (χ3v) is 6.07. The van der Waals surface area contributed by atoms with Crippen molar-refractivity contribution < 1.29 is 19.7 Å². The van der Waals surface area contributed by atoms with E-state index < -0.39 is 36.4 Å². The third-order valence-electron chi connectivity index (χ3n) is 4.08. The van der Waals surface area contributed by atoms with Crippen molar-refractivity contribution in [3.05, 3.63) is 33.6 Å². The van der Waals surface area contributed by atoms with Crippen molar-refractivity contribution in [1.29, 1.82) is 5.26 Å². The summed E-state index contributed by atoms with van der Waals surface area (Å²) in [5.74, 6) is 0. The summed E-state index contributed by atoms with van der Waals surface area (Å²) in [6.07, 6.45) is -2.87. The van der Waals surface area contributed by atoms with Gasteiger partial charge in [0.2, 0.25) is 0 Å². The second-order valence-corrected chi connectivity index (χ2v) is 7.54. The average Bonchev–Trinajstić information content (AvgIpc) is 3.11. The van der Waals surface area contributed by atoms with Gasteiger partial charge >= 0.3 is 0 Å². The van der Waals surface area contributed by atoms with Crippen LogP contribution >= 0.6 is 23.1 Å². The first-order valence-corrected chi connectivity index (χ1v) is 9.34. The maximum absolute atomic E-state index is 10.3. The molecule has 11 heteroatoms. The summed E-state index contributed by atoms with van der Waals surface area (Å²) >= 11 is 2.67. The minimum absolute atomic E-state index is 0.429. The topological polar surface area (TPSA) is 144 Å². The van der Waals surface area contributed by atoms with Gasteiger partial charge in [-0.3, -0.25) is 0 Å². The number of rotatable bonds is 5. The maximum atomic E-state index is 10.3. The van der Waals surface area contributed by atoms with E-state index in [2.05, 4.69) is 21.1 Å². The summed E-state index contributed by atoms with van der Waals surface area (Å²) < 4.78 is 12.1. The zero-order valence-corrected chi connectivity index (χ0v) is 15.2. The van der Waals surface area contributed by atoms with Crippen LogP contribution in [0.15, 0.2) is 27.7 Å². The molecule has 0 spiro atoms. The predicted octanol–water partition coefficient (Wildman–Crippen LogP) is 2.03. The van der Waals surface area contributed by atoms with Crippen LogP contribution in [0.2, 0.25) is 0 Å². The highest BCUT2D eigenvalue weighted by molar-refractivity contribution is 8.00. The molecule has 0 radical (unpaired) electrons. The van der Waals surface area contributed by atoms with Crippen LogP contribution in [-0.4, -0.2) is 58.7 Å². The van der Waals surface area contributed by atoms with Gasteiger partial charge in [0.25, 0.3) is 0 Å². The van der Waals surface area contributed by atoms with Crippen LogP contribution in [0.1, 0.15) is 5.56 Å². The Morgan fingerprint density at radius 1 is 1.58 bits per heavy atom. The van der Waals surface area contributed by atoms with Crippen LogP contribution in [0, 0.1) is 11.3 Å². The van der Waals surface area contributed by atoms with E-state index in [1.165, 1.54) is 30.2 Å². The largest absolute Gasteiger partial charge is 0.394 e. The number of hydrogen-bond donors (Lipinski definition) is 2. The lowest BCUT2D eigenvalue weighted by Gasteiger charge is -2.41. The minimum Gasteiger partial charge on any atom is -0.394 e. The van der Waals surface area contributed by atoms with E-state index in [4.69, 9.17) is 15.0 Å². The third kappa shape index (κ3) is 3.49. The highest BCUT2D eigenvalue weighted by Gasteiger charge is 2.45. The molecule has 3 rings (SSSR count). The van der Waals surface area contributed by atoms with Crippen molar-refractivity contribution in [1.82, 2.24) is 4.98 Å². The van der Waals surface area contributed by atoms with E-state index in [1.807, 2.05) is 6.07 Å². The van der Waals surface area contributed by atoms with Crippen molar-refractivity contribution in [3.63, 3.8) is 0 Å². The number of aromatic nitrogens is 1. The standard InChI is InChI=1S/C15H15N5O4S2/c1-23-14-12(19-20-17)13(22)9(5-21)24-15(14)26-10-3-11-8(18-6-25-11)2-7(10)4-16/h2-3,6,9,12-15,21-22H,5H2,1H3/t9-,12+,13+,14-,15-/m1/s1. The molecular formula is C15H15N5O4S2. The summed E-state index contributed by atoms with van der Waals surface area (Å²) in [6.45, 7) is -0.439. The fourth-order valence-electron chi connectivity index (χ4n) is 2.79. The predicted molar refractivity (Wildman–Crippen MR) is 95.7 cm³/mol. The fraction of sp³-hybridized carbons (Fsp3) is 0.467. The first-order valence-electron chi connectivity index (χ1n) is 7.58. The molecule has 1 saturated heterocycles. The zero-order valence-electron chi connectivity index (χ0n) is 13.6. The SMILES string of the molecule is CO[C@@H]1[C@@H](N=[N+]=[N-])[C@@H](O)[C@@H](CO)O[C@@H]1Sc1cc2scnc2cc1C#N. The Hall–Kier alpha value is -1.90. The minimum atomic E-state index is -1.20. The Labute approximate surface area is 156 Å². The molecule has 0 bridgehead atoms. The van der Waals surface area contributed by atoms with Crippen molar-refractivity contribution >= 4 is 33.3 Å². The van der Waals surface area contributed by atoms with Crippen molar-refractivity contribution in [2.24, 2.45) is 5.11 Å². The van der Waals surface area contributed by atoms with Crippen LogP contribution < -0.4 is 0 Å². The number of hydrogen-bond acceptors (Lipinski definition) is 9. The van der Waals surface area contributed by atoms with Crippen molar-refractivity contribution in [2.75, 3.05) is 13.7 Å². The van der Waals surface area contributed by atoms with Crippen molar-refractivity contribution in [3.8, 4) is 6.07 Å². The van der Waals surface area contributed by atoms with E-state index in [0.29, 0.717) is 10.5 Å². The van der Waals surface area contributed by atoms with Crippen LogP contribution in [0.4, 0.5) is 0 Å². The van der Waals surface area contributed by atoms with Gasteiger partial charge in [0.05, 0.1) is 40.0 Å². The molecule has 1 aliphatic rings. The Morgan fingerprint density at radius 2 is 2.38 bits per heavy atom. The van der Waals surface area contributed by atoms with Gasteiger partial charge < -0.3 is 19.7 Å². The average molecular weight is 393 g/mol. The normalized spacial score (nSPS) is 28.5. The Bertz CT molecular complexity index is 879. The number of benzene rings is 1. The van der Waals surface area contributed by atoms with Gasteiger partial charge in [-0.2, -0.15) is 5.26 Å². The van der Waals surface area contributed by atoms with Gasteiger partial charge in [-0.15, -0.1) is 11.3 Å². The molecule has 2 heterocycles. The summed E-state index contributed by atoms with van der Waals surface area (Å²) in [6, 6.07) is 4.75. The second kappa shape index (κ2) is 8.20. The number of ether oxygens (including phenoxy) is 2. The molecule has 9 nitrogen and oxygen atoms in total. The molecule has 0 aliphatic carbocycles. The van der Waals surface area contributed by atoms with E-state index >= 15 is 0 Å². The number of aliphatic hydroxyl groups excluding tert-OH is 2. The molecule has 5 atom stereocenters. The van der Waals surface area contributed by atoms with E-state index in [-0.39, 0.29) is 0 Å². The molecule has 1 aromatic carbocycles. The van der Waals surface area contributed by atoms with Gasteiger partial charge in [0, 0.05) is 16.9 Å². The highest BCUT2D eigenvalue weighted by Crippen LogP contribution is 2.38. The lowest BCUT2D eigenvalue weighted by Crippen LogP contribution is -2.57. The summed E-state index contributed by atoms with van der Waals surface area (Å²) in [7, 11) is 1.42. The number of fused-ring (bicyclic) bond motifs is 1. The van der Waals surface area contributed by atoms with Crippen molar-refractivity contribution in [2.45, 2.75) is 34.7 Å². The Kier molecular flexibility index (Phi) is 5.95. The number of nitrogens with zero attached hydrogens (tertiary/aromatic N) is 5. The van der Waals surface area contributed by atoms with Crippen LogP contribution in [-0.2, 0) is 9.47 Å². The molecule has 2 aromatic rings. The number of nitriles is 1. The molecule has 2 N–H and O–H groups in total. The lowest BCUT2D eigenvalue weighted by atomic mass is 9.98. The number of thiazole rings is 1. The molecule has 1 aliphatic heterocycles. The quantitative estimate of drug-likeness (QED) is 0.449. The molecule has 0 unspecified atom stereocenters. The Morgan fingerprint density at radius 3 is 3.04 bits per heavy atom. The summed E-state index contributed by atoms with van der Waals surface area (Å²) in [5, 5.41) is 32.8. The van der Waals surface area contributed by atoms with Gasteiger partial charge in [-0.25, -0.2) is 4.98 Å². The fourth-order valence-corrected chi connectivity index (χ4v) is 4.84. The number of thioether (sulfide) groups is 1. The molecule has 1 fully saturated rings. The molecule has 26 heavy (non-hydrogen) atoms. The molecule has 1 aromatic heterocycles. The van der Waals surface area contributed by atoms with Crippen LogP contribution in [0.25, 0.3) is 20.7 Å². The smallest absolute Gasteiger partial charge is 0.134 e. The van der Waals surface area contributed by atoms with Crippen LogP contribution in [0.3, 0.4) is 0 Å². The van der Waals surface area contributed by atoms with Gasteiger partial charge in [-0.1, -0.05) is 16.9 Å². The van der Waals surface area contributed by atoms with Crippen LogP contribution in [0.5, 0.6) is 0 Å². The summed E-state index contributed by atoms with van der Waals surface area (Å²) in [4.78, 5) is 7.62.